The second-order valence-corrected chi connectivity index (χ2v) is 9.71. The lowest BCUT2D eigenvalue weighted by Gasteiger charge is -2.34. The van der Waals surface area contributed by atoms with Crippen molar-refractivity contribution in [2.45, 2.75) is 62.4 Å². The van der Waals surface area contributed by atoms with Crippen molar-refractivity contribution in [1.29, 1.82) is 0 Å². The zero-order valence-electron chi connectivity index (χ0n) is 16.3. The molecule has 2 fully saturated rings. The van der Waals surface area contributed by atoms with E-state index in [1.54, 1.807) is 30.3 Å². The average Bonchev–Trinajstić information content (AvgIpc) is 2.70. The van der Waals surface area contributed by atoms with Crippen molar-refractivity contribution < 1.29 is 18.0 Å². The van der Waals surface area contributed by atoms with Crippen molar-refractivity contribution in [1.82, 2.24) is 14.9 Å². The Kier molecular flexibility index (Phi) is 6.72. The predicted octanol–water partition coefficient (Wildman–Crippen LogP) is 1.65. The third-order valence-corrected chi connectivity index (χ3v) is 7.50. The molecule has 1 aliphatic heterocycles. The van der Waals surface area contributed by atoms with Gasteiger partial charge in [-0.15, -0.1) is 0 Å². The van der Waals surface area contributed by atoms with E-state index in [2.05, 4.69) is 10.6 Å². The maximum Gasteiger partial charge on any atom is 0.243 e. The van der Waals surface area contributed by atoms with E-state index in [0.29, 0.717) is 19.4 Å². The van der Waals surface area contributed by atoms with Gasteiger partial charge in [-0.2, -0.15) is 4.31 Å². The molecule has 2 aliphatic rings. The Morgan fingerprint density at radius 3 is 2.18 bits per heavy atom. The predicted molar refractivity (Wildman–Crippen MR) is 106 cm³/mol. The fourth-order valence-electron chi connectivity index (χ4n) is 4.10. The monoisotopic (exact) mass is 407 g/mol. The highest BCUT2D eigenvalue weighted by Crippen LogP contribution is 2.25. The summed E-state index contributed by atoms with van der Waals surface area (Å²) >= 11 is 0. The Bertz CT molecular complexity index is 789. The van der Waals surface area contributed by atoms with Gasteiger partial charge in [0.2, 0.25) is 21.8 Å². The third-order valence-electron chi connectivity index (χ3n) is 5.62. The van der Waals surface area contributed by atoms with Crippen LogP contribution in [0.25, 0.3) is 0 Å². The van der Waals surface area contributed by atoms with Crippen molar-refractivity contribution in [2.75, 3.05) is 13.1 Å². The van der Waals surface area contributed by atoms with Gasteiger partial charge in [0.25, 0.3) is 0 Å². The molecule has 8 heteroatoms. The first-order valence-electron chi connectivity index (χ1n) is 9.99. The molecule has 1 atom stereocenters. The molecule has 1 saturated heterocycles. The molecule has 0 bridgehead atoms. The number of carbonyl (C=O) groups is 2. The Hall–Kier alpha value is -1.93. The molecule has 1 aromatic rings. The fourth-order valence-corrected chi connectivity index (χ4v) is 5.65. The zero-order valence-corrected chi connectivity index (χ0v) is 17.1. The Balaban J connectivity index is 1.54. The summed E-state index contributed by atoms with van der Waals surface area (Å²) in [5, 5.41) is 6.03. The molecule has 1 heterocycles. The highest BCUT2D eigenvalue weighted by Gasteiger charge is 2.34. The van der Waals surface area contributed by atoms with Crippen LogP contribution < -0.4 is 10.6 Å². The average molecular weight is 408 g/mol. The van der Waals surface area contributed by atoms with Crippen molar-refractivity contribution >= 4 is 21.8 Å². The minimum absolute atomic E-state index is 0.0191. The van der Waals surface area contributed by atoms with Gasteiger partial charge in [0.05, 0.1) is 10.8 Å². The number of nitrogens with zero attached hydrogens (tertiary/aromatic N) is 1. The summed E-state index contributed by atoms with van der Waals surface area (Å²) < 4.78 is 27.1. The first-order valence-corrected chi connectivity index (χ1v) is 11.4. The van der Waals surface area contributed by atoms with E-state index in [1.807, 2.05) is 0 Å². The van der Waals surface area contributed by atoms with Crippen molar-refractivity contribution in [3.8, 4) is 0 Å². The molecule has 1 aromatic carbocycles. The van der Waals surface area contributed by atoms with Crippen LogP contribution in [-0.2, 0) is 19.6 Å². The second kappa shape index (κ2) is 9.05. The molecule has 1 saturated carbocycles. The fraction of sp³-hybridized carbons (Fsp3) is 0.600. The number of amides is 2. The number of hydrogen-bond donors (Lipinski definition) is 2. The molecule has 154 valence electrons. The molecular formula is C20H29N3O4S. The number of carbonyl (C=O) groups excluding carboxylic acids is 2. The maximum atomic E-state index is 12.8. The minimum Gasteiger partial charge on any atom is -0.354 e. The summed E-state index contributed by atoms with van der Waals surface area (Å²) in [5.41, 5.74) is 0. The SMILES string of the molecule is CC(=O)NC1CCC(NC(=O)C2CCCN(S(=O)(=O)c3ccccc3)C2)CC1. The van der Waals surface area contributed by atoms with Crippen molar-refractivity contribution in [2.24, 2.45) is 5.92 Å². The van der Waals surface area contributed by atoms with Crippen LogP contribution in [0.4, 0.5) is 0 Å². The number of nitrogens with one attached hydrogen (secondary N) is 2. The van der Waals surface area contributed by atoms with Gasteiger partial charge in [0.1, 0.15) is 0 Å². The highest BCUT2D eigenvalue weighted by atomic mass is 32.2. The van der Waals surface area contributed by atoms with Gasteiger partial charge in [-0.05, 0) is 50.7 Å². The molecule has 0 radical (unpaired) electrons. The first-order chi connectivity index (χ1) is 13.4. The van der Waals surface area contributed by atoms with Crippen LogP contribution in [-0.4, -0.2) is 49.7 Å². The third kappa shape index (κ3) is 5.11. The van der Waals surface area contributed by atoms with Crippen LogP contribution >= 0.6 is 0 Å². The number of piperidine rings is 1. The second-order valence-electron chi connectivity index (χ2n) is 7.77. The number of hydrogen-bond acceptors (Lipinski definition) is 4. The lowest BCUT2D eigenvalue weighted by molar-refractivity contribution is -0.127. The molecule has 1 unspecified atom stereocenters. The van der Waals surface area contributed by atoms with Crippen LogP contribution in [0.2, 0.25) is 0 Å². The number of sulfonamides is 1. The van der Waals surface area contributed by atoms with Gasteiger partial charge in [-0.25, -0.2) is 8.42 Å². The van der Waals surface area contributed by atoms with Gasteiger partial charge in [0.15, 0.2) is 0 Å². The van der Waals surface area contributed by atoms with Crippen molar-refractivity contribution in [3.05, 3.63) is 30.3 Å². The van der Waals surface area contributed by atoms with Gasteiger partial charge in [-0.1, -0.05) is 18.2 Å². The molecule has 1 aliphatic carbocycles. The molecule has 2 amide bonds. The lowest BCUT2D eigenvalue weighted by Crippen LogP contribution is -2.49. The Morgan fingerprint density at radius 1 is 0.964 bits per heavy atom. The first kappa shape index (κ1) is 20.8. The smallest absolute Gasteiger partial charge is 0.243 e. The zero-order chi connectivity index (χ0) is 20.1. The summed E-state index contributed by atoms with van der Waals surface area (Å²) in [5.74, 6) is -0.398. The Morgan fingerprint density at radius 2 is 1.57 bits per heavy atom. The minimum atomic E-state index is -3.57. The summed E-state index contributed by atoms with van der Waals surface area (Å²) in [6.07, 6.45) is 4.74. The molecular weight excluding hydrogens is 378 g/mol. The quantitative estimate of drug-likeness (QED) is 0.776. The van der Waals surface area contributed by atoms with E-state index >= 15 is 0 Å². The van der Waals surface area contributed by atoms with Gasteiger partial charge < -0.3 is 10.6 Å². The van der Waals surface area contributed by atoms with E-state index in [-0.39, 0.29) is 41.3 Å². The lowest BCUT2D eigenvalue weighted by atomic mass is 9.90. The van der Waals surface area contributed by atoms with E-state index in [1.165, 1.54) is 11.2 Å². The molecule has 2 N–H and O–H groups in total. The van der Waals surface area contributed by atoms with E-state index in [0.717, 1.165) is 25.7 Å². The van der Waals surface area contributed by atoms with E-state index < -0.39 is 10.0 Å². The molecule has 0 spiro atoms. The van der Waals surface area contributed by atoms with Gasteiger partial charge >= 0.3 is 0 Å². The van der Waals surface area contributed by atoms with Crippen LogP contribution in [0.15, 0.2) is 35.2 Å². The topological polar surface area (TPSA) is 95.6 Å². The largest absolute Gasteiger partial charge is 0.354 e. The Labute approximate surface area is 166 Å². The molecule has 28 heavy (non-hydrogen) atoms. The summed E-state index contributed by atoms with van der Waals surface area (Å²) in [6.45, 7) is 2.19. The maximum absolute atomic E-state index is 12.8. The van der Waals surface area contributed by atoms with E-state index in [9.17, 15) is 18.0 Å². The number of benzene rings is 1. The molecule has 3 rings (SSSR count). The molecule has 7 nitrogen and oxygen atoms in total. The van der Waals surface area contributed by atoms with Crippen LogP contribution in [0, 0.1) is 5.92 Å². The van der Waals surface area contributed by atoms with Gasteiger partial charge in [0, 0.05) is 32.1 Å². The van der Waals surface area contributed by atoms with Gasteiger partial charge in [-0.3, -0.25) is 9.59 Å². The standard InChI is InChI=1S/C20H29N3O4S/c1-15(24)21-17-9-11-18(12-10-17)22-20(25)16-6-5-13-23(14-16)28(26,27)19-7-3-2-4-8-19/h2-4,7-8,16-18H,5-6,9-14H2,1H3,(H,21,24)(H,22,25). The normalized spacial score (nSPS) is 26.4. The summed E-state index contributed by atoms with van der Waals surface area (Å²) in [6, 6.07) is 8.66. The van der Waals surface area contributed by atoms with E-state index in [4.69, 9.17) is 0 Å². The summed E-state index contributed by atoms with van der Waals surface area (Å²) in [4.78, 5) is 24.2. The summed E-state index contributed by atoms with van der Waals surface area (Å²) in [7, 11) is -3.57. The van der Waals surface area contributed by atoms with Crippen LogP contribution in [0.3, 0.4) is 0 Å². The van der Waals surface area contributed by atoms with Crippen molar-refractivity contribution in [3.63, 3.8) is 0 Å². The molecule has 0 aromatic heterocycles. The number of rotatable bonds is 5. The van der Waals surface area contributed by atoms with Crippen LogP contribution in [0.5, 0.6) is 0 Å². The highest BCUT2D eigenvalue weighted by molar-refractivity contribution is 7.89. The van der Waals surface area contributed by atoms with Crippen LogP contribution in [0.1, 0.15) is 45.4 Å².